The summed E-state index contributed by atoms with van der Waals surface area (Å²) in [5.41, 5.74) is 6.85. The smallest absolute Gasteiger partial charge is 0.248 e. The maximum atomic E-state index is 11.0. The summed E-state index contributed by atoms with van der Waals surface area (Å²) in [6, 6.07) is 7.05. The van der Waals surface area contributed by atoms with Crippen molar-refractivity contribution in [3.05, 3.63) is 29.3 Å². The fraction of sp³-hybridized carbons (Fsp3) is 0.333. The number of carbonyl (C=O) groups excluding carboxylic acids is 1. The van der Waals surface area contributed by atoms with E-state index in [1.807, 2.05) is 0 Å². The number of nitrogens with two attached hydrogens (primary N) is 1. The molecule has 2 N–H and O–H groups in total. The van der Waals surface area contributed by atoms with Crippen LogP contribution in [0, 0.1) is 11.3 Å². The average Bonchev–Trinajstić information content (AvgIpc) is 2.39. The molecular formula is C12H13N3O2. The van der Waals surface area contributed by atoms with Gasteiger partial charge in [0.2, 0.25) is 5.91 Å². The van der Waals surface area contributed by atoms with Crippen LogP contribution in [0.4, 0.5) is 5.69 Å². The molecule has 0 atom stereocenters. The van der Waals surface area contributed by atoms with Gasteiger partial charge in [0, 0.05) is 18.7 Å². The summed E-state index contributed by atoms with van der Waals surface area (Å²) < 4.78 is 5.26. The molecule has 1 heterocycles. The van der Waals surface area contributed by atoms with Gasteiger partial charge in [-0.25, -0.2) is 0 Å². The Balaban J connectivity index is 2.34. The molecule has 1 aromatic rings. The Morgan fingerprint density at radius 2 is 2.12 bits per heavy atom. The predicted octanol–water partition coefficient (Wildman–Crippen LogP) is 0.494. The first-order valence-electron chi connectivity index (χ1n) is 5.39. The third-order valence-corrected chi connectivity index (χ3v) is 2.75. The summed E-state index contributed by atoms with van der Waals surface area (Å²) in [4.78, 5) is 13.1. The van der Waals surface area contributed by atoms with E-state index in [1.165, 1.54) is 6.07 Å². The van der Waals surface area contributed by atoms with Crippen LogP contribution < -0.4 is 10.6 Å². The summed E-state index contributed by atoms with van der Waals surface area (Å²) >= 11 is 0. The van der Waals surface area contributed by atoms with E-state index in [9.17, 15) is 4.79 Å². The molecule has 0 spiro atoms. The van der Waals surface area contributed by atoms with E-state index < -0.39 is 5.91 Å². The van der Waals surface area contributed by atoms with E-state index in [2.05, 4.69) is 11.0 Å². The summed E-state index contributed by atoms with van der Waals surface area (Å²) in [6.07, 6.45) is 0. The van der Waals surface area contributed by atoms with Crippen molar-refractivity contribution < 1.29 is 9.53 Å². The lowest BCUT2D eigenvalue weighted by Crippen LogP contribution is -2.36. The van der Waals surface area contributed by atoms with Crippen molar-refractivity contribution in [3.8, 4) is 6.07 Å². The molecular weight excluding hydrogens is 218 g/mol. The van der Waals surface area contributed by atoms with Crippen LogP contribution in [0.5, 0.6) is 0 Å². The van der Waals surface area contributed by atoms with Gasteiger partial charge >= 0.3 is 0 Å². The summed E-state index contributed by atoms with van der Waals surface area (Å²) in [5, 5.41) is 9.10. The van der Waals surface area contributed by atoms with Crippen molar-refractivity contribution in [3.63, 3.8) is 0 Å². The highest BCUT2D eigenvalue weighted by molar-refractivity contribution is 5.93. The highest BCUT2D eigenvalue weighted by Crippen LogP contribution is 2.22. The van der Waals surface area contributed by atoms with Crippen molar-refractivity contribution in [1.29, 1.82) is 5.26 Å². The Hall–Kier alpha value is -2.06. The van der Waals surface area contributed by atoms with Crippen LogP contribution in [0.1, 0.15) is 15.9 Å². The molecule has 1 aliphatic heterocycles. The first kappa shape index (κ1) is 11.4. The molecule has 17 heavy (non-hydrogen) atoms. The Morgan fingerprint density at radius 3 is 2.71 bits per heavy atom. The molecule has 88 valence electrons. The van der Waals surface area contributed by atoms with Gasteiger partial charge in [0.15, 0.2) is 0 Å². The van der Waals surface area contributed by atoms with Crippen molar-refractivity contribution in [2.75, 3.05) is 31.2 Å². The van der Waals surface area contributed by atoms with Gasteiger partial charge < -0.3 is 15.4 Å². The molecule has 2 rings (SSSR count). The number of primary amides is 1. The minimum absolute atomic E-state index is 0.360. The van der Waals surface area contributed by atoms with Gasteiger partial charge in [-0.2, -0.15) is 5.26 Å². The Kier molecular flexibility index (Phi) is 3.26. The predicted molar refractivity (Wildman–Crippen MR) is 62.7 cm³/mol. The Labute approximate surface area is 99.4 Å². The van der Waals surface area contributed by atoms with E-state index in [1.54, 1.807) is 12.1 Å². The van der Waals surface area contributed by atoms with Crippen LogP contribution in [0.15, 0.2) is 18.2 Å². The molecule has 1 aromatic carbocycles. The highest BCUT2D eigenvalue weighted by Gasteiger charge is 2.15. The van der Waals surface area contributed by atoms with Crippen LogP contribution in [-0.2, 0) is 4.74 Å². The second kappa shape index (κ2) is 4.85. The number of rotatable bonds is 2. The molecule has 0 aliphatic carbocycles. The third kappa shape index (κ3) is 2.37. The lowest BCUT2D eigenvalue weighted by molar-refractivity contribution is 0.1000. The second-order valence-electron chi connectivity index (χ2n) is 3.81. The fourth-order valence-corrected chi connectivity index (χ4v) is 1.86. The second-order valence-corrected chi connectivity index (χ2v) is 3.81. The van der Waals surface area contributed by atoms with Crippen LogP contribution in [0.3, 0.4) is 0 Å². The Morgan fingerprint density at radius 1 is 1.41 bits per heavy atom. The summed E-state index contributed by atoms with van der Waals surface area (Å²) in [5.74, 6) is -0.518. The molecule has 0 radical (unpaired) electrons. The van der Waals surface area contributed by atoms with Crippen LogP contribution in [0.25, 0.3) is 0 Å². The number of carbonyl (C=O) groups is 1. The van der Waals surface area contributed by atoms with E-state index in [-0.39, 0.29) is 0 Å². The first-order valence-corrected chi connectivity index (χ1v) is 5.39. The molecule has 1 saturated heterocycles. The monoisotopic (exact) mass is 231 g/mol. The van der Waals surface area contributed by atoms with E-state index in [0.717, 1.165) is 18.8 Å². The van der Waals surface area contributed by atoms with Gasteiger partial charge in [-0.1, -0.05) is 0 Å². The van der Waals surface area contributed by atoms with Crippen LogP contribution in [-0.4, -0.2) is 32.2 Å². The zero-order chi connectivity index (χ0) is 12.3. The SMILES string of the molecule is N#Cc1cc(C(N)=O)ccc1N1CCOCC1. The molecule has 5 nitrogen and oxygen atoms in total. The van der Waals surface area contributed by atoms with E-state index in [0.29, 0.717) is 24.3 Å². The minimum Gasteiger partial charge on any atom is -0.378 e. The van der Waals surface area contributed by atoms with Crippen molar-refractivity contribution in [2.24, 2.45) is 5.73 Å². The molecule has 1 aliphatic rings. The number of benzene rings is 1. The van der Waals surface area contributed by atoms with Gasteiger partial charge in [0.25, 0.3) is 0 Å². The van der Waals surface area contributed by atoms with Gasteiger partial charge in [0.05, 0.1) is 24.5 Å². The average molecular weight is 231 g/mol. The normalized spacial score (nSPS) is 15.4. The van der Waals surface area contributed by atoms with Gasteiger partial charge in [-0.15, -0.1) is 0 Å². The van der Waals surface area contributed by atoms with E-state index >= 15 is 0 Å². The van der Waals surface area contributed by atoms with Gasteiger partial charge in [-0.05, 0) is 18.2 Å². The topological polar surface area (TPSA) is 79.3 Å². The minimum atomic E-state index is -0.518. The van der Waals surface area contributed by atoms with Crippen molar-refractivity contribution >= 4 is 11.6 Å². The van der Waals surface area contributed by atoms with Crippen molar-refractivity contribution in [2.45, 2.75) is 0 Å². The maximum absolute atomic E-state index is 11.0. The number of hydrogen-bond acceptors (Lipinski definition) is 4. The van der Waals surface area contributed by atoms with Gasteiger partial charge in [-0.3, -0.25) is 4.79 Å². The van der Waals surface area contributed by atoms with Gasteiger partial charge in [0.1, 0.15) is 6.07 Å². The molecule has 0 unspecified atom stereocenters. The lowest BCUT2D eigenvalue weighted by Gasteiger charge is -2.29. The van der Waals surface area contributed by atoms with Crippen LogP contribution >= 0.6 is 0 Å². The molecule has 5 heteroatoms. The number of nitriles is 1. The van der Waals surface area contributed by atoms with E-state index in [4.69, 9.17) is 15.7 Å². The molecule has 0 saturated carbocycles. The first-order chi connectivity index (χ1) is 8.22. The number of amides is 1. The highest BCUT2D eigenvalue weighted by atomic mass is 16.5. The maximum Gasteiger partial charge on any atom is 0.248 e. The fourth-order valence-electron chi connectivity index (χ4n) is 1.86. The number of morpholine rings is 1. The standard InChI is InChI=1S/C12H13N3O2/c13-8-10-7-9(12(14)16)1-2-11(10)15-3-5-17-6-4-15/h1-2,7H,3-6H2,(H2,14,16). The number of ether oxygens (including phenoxy) is 1. The van der Waals surface area contributed by atoms with Crippen molar-refractivity contribution in [1.82, 2.24) is 0 Å². The summed E-state index contributed by atoms with van der Waals surface area (Å²) in [6.45, 7) is 2.82. The quantitative estimate of drug-likeness (QED) is 0.803. The number of anilines is 1. The third-order valence-electron chi connectivity index (χ3n) is 2.75. The molecule has 0 bridgehead atoms. The number of hydrogen-bond donors (Lipinski definition) is 1. The summed E-state index contributed by atoms with van der Waals surface area (Å²) in [7, 11) is 0. The molecule has 0 aromatic heterocycles. The lowest BCUT2D eigenvalue weighted by atomic mass is 10.1. The largest absolute Gasteiger partial charge is 0.378 e. The number of nitrogens with zero attached hydrogens (tertiary/aromatic N) is 2. The zero-order valence-electron chi connectivity index (χ0n) is 9.35. The molecule has 1 fully saturated rings. The zero-order valence-corrected chi connectivity index (χ0v) is 9.35. The molecule has 1 amide bonds. The van der Waals surface area contributed by atoms with Crippen LogP contribution in [0.2, 0.25) is 0 Å². The Bertz CT molecular complexity index is 473.